The molecule has 0 radical (unpaired) electrons. The zero-order valence-electron chi connectivity index (χ0n) is 14.2. The van der Waals surface area contributed by atoms with E-state index in [0.717, 1.165) is 35.7 Å². The maximum atomic E-state index is 9.33. The van der Waals surface area contributed by atoms with E-state index in [-0.39, 0.29) is 0 Å². The molecule has 3 heterocycles. The Bertz CT molecular complexity index is 741. The zero-order chi connectivity index (χ0) is 16.9. The van der Waals surface area contributed by atoms with Crippen molar-refractivity contribution >= 4 is 11.6 Å². The Morgan fingerprint density at radius 3 is 2.62 bits per heavy atom. The van der Waals surface area contributed by atoms with Crippen molar-refractivity contribution < 1.29 is 0 Å². The van der Waals surface area contributed by atoms with E-state index in [4.69, 9.17) is 0 Å². The average molecular weight is 322 g/mol. The molecule has 0 spiro atoms. The van der Waals surface area contributed by atoms with Crippen molar-refractivity contribution in [2.24, 2.45) is 0 Å². The summed E-state index contributed by atoms with van der Waals surface area (Å²) in [7, 11) is 0. The fourth-order valence-corrected chi connectivity index (χ4v) is 2.89. The summed E-state index contributed by atoms with van der Waals surface area (Å²) in [5.74, 6) is 1.57. The number of nitrogens with one attached hydrogen (secondary N) is 1. The van der Waals surface area contributed by atoms with Crippen LogP contribution in [0.2, 0.25) is 0 Å². The predicted octanol–water partition coefficient (Wildman–Crippen LogP) is 2.96. The van der Waals surface area contributed by atoms with Gasteiger partial charge in [-0.25, -0.2) is 4.98 Å². The van der Waals surface area contributed by atoms with Gasteiger partial charge in [0.2, 0.25) is 0 Å². The summed E-state index contributed by atoms with van der Waals surface area (Å²) in [4.78, 5) is 6.91. The van der Waals surface area contributed by atoms with Gasteiger partial charge in [0.25, 0.3) is 0 Å². The molecule has 6 nitrogen and oxygen atoms in total. The molecule has 3 rings (SSSR count). The number of piperidine rings is 1. The summed E-state index contributed by atoms with van der Waals surface area (Å²) in [5.41, 5.74) is 3.26. The van der Waals surface area contributed by atoms with Crippen LogP contribution in [0.3, 0.4) is 0 Å². The monoisotopic (exact) mass is 322 g/mol. The molecule has 1 aliphatic heterocycles. The topological polar surface area (TPSA) is 77.7 Å². The Morgan fingerprint density at radius 1 is 1.17 bits per heavy atom. The molecule has 0 atom stereocenters. The third kappa shape index (κ3) is 3.46. The molecule has 1 saturated heterocycles. The third-order valence-electron chi connectivity index (χ3n) is 4.52. The summed E-state index contributed by atoms with van der Waals surface area (Å²) in [6.07, 6.45) is 5.69. The summed E-state index contributed by atoms with van der Waals surface area (Å²) < 4.78 is 0. The maximum absolute atomic E-state index is 9.33. The smallest absolute Gasteiger partial charge is 0.167 e. The van der Waals surface area contributed by atoms with Crippen LogP contribution in [0.5, 0.6) is 0 Å². The van der Waals surface area contributed by atoms with Crippen LogP contribution >= 0.6 is 0 Å². The molecule has 0 saturated carbocycles. The van der Waals surface area contributed by atoms with Gasteiger partial charge in [-0.05, 0) is 50.3 Å². The van der Waals surface area contributed by atoms with Crippen LogP contribution in [-0.4, -0.2) is 28.3 Å². The molecule has 6 heteroatoms. The van der Waals surface area contributed by atoms with Gasteiger partial charge in [-0.15, -0.1) is 5.10 Å². The zero-order valence-corrected chi connectivity index (χ0v) is 14.2. The number of anilines is 2. The van der Waals surface area contributed by atoms with Gasteiger partial charge in [-0.3, -0.25) is 0 Å². The van der Waals surface area contributed by atoms with Gasteiger partial charge in [0.05, 0.1) is 5.69 Å². The number of nitrogens with zero attached hydrogens (tertiary/aromatic N) is 5. The number of hydrogen-bond donors (Lipinski definition) is 1. The molecule has 0 amide bonds. The Balaban J connectivity index is 1.67. The molecule has 0 bridgehead atoms. The van der Waals surface area contributed by atoms with E-state index in [1.54, 1.807) is 0 Å². The van der Waals surface area contributed by atoms with Crippen LogP contribution in [-0.2, 0) is 6.54 Å². The average Bonchev–Trinajstić information content (AvgIpc) is 2.64. The van der Waals surface area contributed by atoms with Crippen LogP contribution in [0.1, 0.15) is 41.6 Å². The highest BCUT2D eigenvalue weighted by molar-refractivity contribution is 5.56. The molecule has 1 aliphatic rings. The fraction of sp³-hybridized carbons (Fsp3) is 0.444. The molecule has 0 aromatic carbocycles. The number of aromatic nitrogens is 3. The van der Waals surface area contributed by atoms with Gasteiger partial charge >= 0.3 is 0 Å². The van der Waals surface area contributed by atoms with Crippen LogP contribution in [0.25, 0.3) is 0 Å². The van der Waals surface area contributed by atoms with Crippen LogP contribution in [0.4, 0.5) is 11.6 Å². The van der Waals surface area contributed by atoms with Crippen molar-refractivity contribution in [2.45, 2.75) is 39.7 Å². The summed E-state index contributed by atoms with van der Waals surface area (Å²) in [6, 6.07) is 6.35. The first-order valence-corrected chi connectivity index (χ1v) is 8.37. The third-order valence-corrected chi connectivity index (χ3v) is 4.52. The Morgan fingerprint density at radius 2 is 1.96 bits per heavy atom. The quantitative estimate of drug-likeness (QED) is 0.932. The SMILES string of the molecule is Cc1nnc(NCc2ccc(N3CCCCC3)nc2)c(C#N)c1C. The Hall–Kier alpha value is -2.68. The van der Waals surface area contributed by atoms with Crippen molar-refractivity contribution in [3.05, 3.63) is 40.7 Å². The lowest BCUT2D eigenvalue weighted by Crippen LogP contribution is -2.30. The summed E-state index contributed by atoms with van der Waals surface area (Å²) in [5, 5.41) is 20.7. The van der Waals surface area contributed by atoms with E-state index < -0.39 is 0 Å². The molecule has 2 aromatic heterocycles. The first-order valence-electron chi connectivity index (χ1n) is 8.37. The van der Waals surface area contributed by atoms with E-state index in [0.29, 0.717) is 17.9 Å². The highest BCUT2D eigenvalue weighted by Gasteiger charge is 2.13. The van der Waals surface area contributed by atoms with Crippen molar-refractivity contribution in [3.8, 4) is 6.07 Å². The molecule has 124 valence electrons. The van der Waals surface area contributed by atoms with Gasteiger partial charge in [0.15, 0.2) is 5.82 Å². The van der Waals surface area contributed by atoms with Crippen molar-refractivity contribution in [3.63, 3.8) is 0 Å². The Labute approximate surface area is 142 Å². The second kappa shape index (κ2) is 7.26. The van der Waals surface area contributed by atoms with Crippen molar-refractivity contribution in [2.75, 3.05) is 23.3 Å². The fourth-order valence-electron chi connectivity index (χ4n) is 2.89. The van der Waals surface area contributed by atoms with E-state index in [9.17, 15) is 5.26 Å². The van der Waals surface area contributed by atoms with Gasteiger partial charge < -0.3 is 10.2 Å². The molecule has 24 heavy (non-hydrogen) atoms. The lowest BCUT2D eigenvalue weighted by Gasteiger charge is -2.27. The number of aryl methyl sites for hydroxylation is 1. The molecule has 0 unspecified atom stereocenters. The standard InChI is InChI=1S/C18H22N6/c1-13-14(2)22-23-18(16(13)10-19)21-12-15-6-7-17(20-11-15)24-8-4-3-5-9-24/h6-7,11H,3-5,8-9,12H2,1-2H3,(H,21,23). The minimum absolute atomic E-state index is 0.528. The van der Waals surface area contributed by atoms with Crippen LogP contribution in [0, 0.1) is 25.2 Å². The summed E-state index contributed by atoms with van der Waals surface area (Å²) in [6.45, 7) is 6.50. The lowest BCUT2D eigenvalue weighted by atomic mass is 10.1. The molecule has 1 fully saturated rings. The largest absolute Gasteiger partial charge is 0.363 e. The second-order valence-corrected chi connectivity index (χ2v) is 6.17. The van der Waals surface area contributed by atoms with Gasteiger partial charge in [-0.1, -0.05) is 6.07 Å². The highest BCUT2D eigenvalue weighted by atomic mass is 15.2. The molecule has 2 aromatic rings. The van der Waals surface area contributed by atoms with Gasteiger partial charge in [-0.2, -0.15) is 10.4 Å². The van der Waals surface area contributed by atoms with Crippen molar-refractivity contribution in [1.29, 1.82) is 5.26 Å². The number of nitriles is 1. The highest BCUT2D eigenvalue weighted by Crippen LogP contribution is 2.19. The normalized spacial score (nSPS) is 14.3. The van der Waals surface area contributed by atoms with E-state index in [1.807, 2.05) is 20.0 Å². The lowest BCUT2D eigenvalue weighted by molar-refractivity contribution is 0.573. The van der Waals surface area contributed by atoms with E-state index >= 15 is 0 Å². The molecule has 0 aliphatic carbocycles. The summed E-state index contributed by atoms with van der Waals surface area (Å²) >= 11 is 0. The number of pyridine rings is 1. The van der Waals surface area contributed by atoms with Gasteiger partial charge in [0.1, 0.15) is 17.5 Å². The van der Waals surface area contributed by atoms with Crippen molar-refractivity contribution in [1.82, 2.24) is 15.2 Å². The number of rotatable bonds is 4. The first kappa shape index (κ1) is 16.2. The first-order chi connectivity index (χ1) is 11.7. The predicted molar refractivity (Wildman–Crippen MR) is 93.8 cm³/mol. The van der Waals surface area contributed by atoms with Crippen LogP contribution < -0.4 is 10.2 Å². The second-order valence-electron chi connectivity index (χ2n) is 6.17. The minimum Gasteiger partial charge on any atom is -0.363 e. The van der Waals surface area contributed by atoms with Gasteiger partial charge in [0, 0.05) is 25.8 Å². The van der Waals surface area contributed by atoms with E-state index in [1.165, 1.54) is 19.3 Å². The maximum Gasteiger partial charge on any atom is 0.167 e. The molecule has 1 N–H and O–H groups in total. The molecular formula is C18H22N6. The number of hydrogen-bond acceptors (Lipinski definition) is 6. The molecular weight excluding hydrogens is 300 g/mol. The van der Waals surface area contributed by atoms with Crippen LogP contribution in [0.15, 0.2) is 18.3 Å². The Kier molecular flexibility index (Phi) is 4.90. The van der Waals surface area contributed by atoms with E-state index in [2.05, 4.69) is 43.6 Å². The minimum atomic E-state index is 0.528.